The zero-order valence-corrected chi connectivity index (χ0v) is 7.16. The molecule has 0 saturated carbocycles. The molecule has 14 heavy (non-hydrogen) atoms. The lowest BCUT2D eigenvalue weighted by molar-refractivity contribution is 0.145. The molecule has 1 rings (SSSR count). The average Bonchev–Trinajstić information content (AvgIpc) is 2.17. The van der Waals surface area contributed by atoms with Gasteiger partial charge < -0.3 is 9.84 Å². The molecule has 0 spiro atoms. The van der Waals surface area contributed by atoms with Gasteiger partial charge in [-0.1, -0.05) is 0 Å². The summed E-state index contributed by atoms with van der Waals surface area (Å²) in [5.41, 5.74) is -1.13. The Morgan fingerprint density at radius 3 is 2.71 bits per heavy atom. The van der Waals surface area contributed by atoms with E-state index in [0.717, 1.165) is 13.3 Å². The van der Waals surface area contributed by atoms with Crippen LogP contribution in [0.25, 0.3) is 0 Å². The minimum Gasteiger partial charge on any atom is -0.503 e. The minimum absolute atomic E-state index is 0.411. The second kappa shape index (κ2) is 3.87. The maximum absolute atomic E-state index is 12.5. The van der Waals surface area contributed by atoms with Crippen LogP contribution in [-0.4, -0.2) is 17.2 Å². The fraction of sp³-hybridized carbons (Fsp3) is 0.250. The maximum atomic E-state index is 12.5. The molecule has 0 atom stereocenters. The van der Waals surface area contributed by atoms with Gasteiger partial charge in [0.1, 0.15) is 11.6 Å². The van der Waals surface area contributed by atoms with Gasteiger partial charge in [0, 0.05) is 0 Å². The van der Waals surface area contributed by atoms with Gasteiger partial charge in [-0.2, -0.15) is 5.26 Å². The Labute approximate surface area is 78.4 Å². The number of nitrogens with zero attached hydrogens (tertiary/aromatic N) is 2. The van der Waals surface area contributed by atoms with Crippen LogP contribution in [0.5, 0.6) is 11.5 Å². The van der Waals surface area contributed by atoms with Crippen LogP contribution in [0.3, 0.4) is 0 Å². The molecule has 0 amide bonds. The van der Waals surface area contributed by atoms with Crippen molar-refractivity contribution in [3.05, 3.63) is 17.5 Å². The van der Waals surface area contributed by atoms with Gasteiger partial charge in [0.25, 0.3) is 6.43 Å². The fourth-order valence-electron chi connectivity index (χ4n) is 1.01. The highest BCUT2D eigenvalue weighted by molar-refractivity contribution is 5.50. The summed E-state index contributed by atoms with van der Waals surface area (Å²) in [5, 5.41) is 17.6. The van der Waals surface area contributed by atoms with E-state index in [1.54, 1.807) is 0 Å². The lowest BCUT2D eigenvalue weighted by atomic mass is 10.2. The number of aromatic nitrogens is 1. The molecule has 0 radical (unpaired) electrons. The molecule has 0 bridgehead atoms. The van der Waals surface area contributed by atoms with E-state index in [9.17, 15) is 8.78 Å². The highest BCUT2D eigenvalue weighted by Crippen LogP contribution is 2.37. The van der Waals surface area contributed by atoms with E-state index >= 15 is 0 Å². The van der Waals surface area contributed by atoms with Crippen molar-refractivity contribution >= 4 is 0 Å². The molecule has 0 aliphatic heterocycles. The number of halogens is 2. The second-order valence-electron chi connectivity index (χ2n) is 2.35. The van der Waals surface area contributed by atoms with Gasteiger partial charge in [0.2, 0.25) is 0 Å². The number of ether oxygens (including phenoxy) is 1. The van der Waals surface area contributed by atoms with Crippen LogP contribution in [0.1, 0.15) is 17.7 Å². The number of aromatic hydroxyl groups is 1. The van der Waals surface area contributed by atoms with E-state index in [-0.39, 0.29) is 0 Å². The Bertz CT molecular complexity index is 388. The molecule has 0 saturated heterocycles. The third-order valence-electron chi connectivity index (χ3n) is 1.58. The van der Waals surface area contributed by atoms with Crippen molar-refractivity contribution in [3.63, 3.8) is 0 Å². The van der Waals surface area contributed by atoms with Crippen molar-refractivity contribution in [3.8, 4) is 17.6 Å². The predicted molar refractivity (Wildman–Crippen MR) is 42.1 cm³/mol. The second-order valence-corrected chi connectivity index (χ2v) is 2.35. The van der Waals surface area contributed by atoms with Crippen molar-refractivity contribution < 1.29 is 18.6 Å². The van der Waals surface area contributed by atoms with Crippen molar-refractivity contribution in [1.82, 2.24) is 4.98 Å². The molecular weight excluding hydrogens is 194 g/mol. The molecule has 1 N–H and O–H groups in total. The quantitative estimate of drug-likeness (QED) is 0.787. The normalized spacial score (nSPS) is 9.93. The van der Waals surface area contributed by atoms with Crippen molar-refractivity contribution in [2.24, 2.45) is 0 Å². The first kappa shape index (κ1) is 10.2. The number of hydrogen-bond donors (Lipinski definition) is 1. The van der Waals surface area contributed by atoms with E-state index < -0.39 is 29.2 Å². The van der Waals surface area contributed by atoms with Crippen molar-refractivity contribution in [2.75, 3.05) is 7.11 Å². The topological polar surface area (TPSA) is 66.1 Å². The van der Waals surface area contributed by atoms with Crippen LogP contribution >= 0.6 is 0 Å². The molecule has 0 fully saturated rings. The first-order valence-electron chi connectivity index (χ1n) is 3.56. The lowest BCUT2D eigenvalue weighted by Crippen LogP contribution is -1.99. The molecule has 0 unspecified atom stereocenters. The molecular formula is C8H6F2N2O2. The van der Waals surface area contributed by atoms with Crippen LogP contribution in [0.4, 0.5) is 8.78 Å². The van der Waals surface area contributed by atoms with Crippen LogP contribution in [0.2, 0.25) is 0 Å². The maximum Gasteiger partial charge on any atom is 0.270 e. The van der Waals surface area contributed by atoms with Crippen LogP contribution < -0.4 is 4.74 Å². The smallest absolute Gasteiger partial charge is 0.270 e. The fourth-order valence-corrected chi connectivity index (χ4v) is 1.01. The van der Waals surface area contributed by atoms with Gasteiger partial charge in [-0.25, -0.2) is 13.8 Å². The molecule has 6 heteroatoms. The largest absolute Gasteiger partial charge is 0.503 e. The first-order valence-corrected chi connectivity index (χ1v) is 3.56. The molecule has 74 valence electrons. The van der Waals surface area contributed by atoms with E-state index in [1.807, 2.05) is 0 Å². The standard InChI is InChI=1S/C8H6F2N2O2/c1-14-7-5(13)3-12-4(2-11)6(7)8(9)10/h3,8,13H,1H3. The average molecular weight is 200 g/mol. The van der Waals surface area contributed by atoms with Crippen LogP contribution in [0, 0.1) is 11.3 Å². The number of alkyl halides is 2. The molecule has 1 aromatic heterocycles. The Morgan fingerprint density at radius 2 is 2.29 bits per heavy atom. The van der Waals surface area contributed by atoms with Gasteiger partial charge in [0.05, 0.1) is 13.3 Å². The van der Waals surface area contributed by atoms with Gasteiger partial charge in [-0.3, -0.25) is 0 Å². The summed E-state index contributed by atoms with van der Waals surface area (Å²) in [7, 11) is 1.13. The molecule has 0 aliphatic rings. The number of methoxy groups -OCH3 is 1. The minimum atomic E-state index is -2.92. The zero-order chi connectivity index (χ0) is 10.7. The third kappa shape index (κ3) is 1.57. The number of pyridine rings is 1. The van der Waals surface area contributed by atoms with Crippen LogP contribution in [-0.2, 0) is 0 Å². The Balaban J connectivity index is 3.46. The van der Waals surface area contributed by atoms with Crippen molar-refractivity contribution in [2.45, 2.75) is 6.43 Å². The van der Waals surface area contributed by atoms with Gasteiger partial charge in [-0.15, -0.1) is 0 Å². The Morgan fingerprint density at radius 1 is 1.64 bits per heavy atom. The lowest BCUT2D eigenvalue weighted by Gasteiger charge is -2.09. The SMILES string of the molecule is COc1c(O)cnc(C#N)c1C(F)F. The molecule has 4 nitrogen and oxygen atoms in total. The van der Waals surface area contributed by atoms with E-state index in [2.05, 4.69) is 9.72 Å². The number of hydrogen-bond acceptors (Lipinski definition) is 4. The van der Waals surface area contributed by atoms with Gasteiger partial charge >= 0.3 is 0 Å². The van der Waals surface area contributed by atoms with Crippen molar-refractivity contribution in [1.29, 1.82) is 5.26 Å². The monoisotopic (exact) mass is 200 g/mol. The van der Waals surface area contributed by atoms with E-state index in [1.165, 1.54) is 6.07 Å². The third-order valence-corrected chi connectivity index (χ3v) is 1.58. The predicted octanol–water partition coefficient (Wildman–Crippen LogP) is 1.61. The van der Waals surface area contributed by atoms with Gasteiger partial charge in [-0.05, 0) is 0 Å². The first-order chi connectivity index (χ1) is 6.61. The highest BCUT2D eigenvalue weighted by Gasteiger charge is 2.23. The zero-order valence-electron chi connectivity index (χ0n) is 7.16. The molecule has 1 aromatic rings. The summed E-state index contributed by atoms with van der Waals surface area (Å²) in [5.74, 6) is -0.923. The number of rotatable bonds is 2. The summed E-state index contributed by atoms with van der Waals surface area (Å²) < 4.78 is 29.5. The van der Waals surface area contributed by atoms with E-state index in [4.69, 9.17) is 10.4 Å². The summed E-state index contributed by atoms with van der Waals surface area (Å²) >= 11 is 0. The molecule has 0 aromatic carbocycles. The summed E-state index contributed by atoms with van der Waals surface area (Å²) in [6.07, 6.45) is -2.03. The molecule has 0 aliphatic carbocycles. The summed E-state index contributed by atoms with van der Waals surface area (Å²) in [6.45, 7) is 0. The summed E-state index contributed by atoms with van der Waals surface area (Å²) in [4.78, 5) is 3.36. The Kier molecular flexibility index (Phi) is 2.82. The highest BCUT2D eigenvalue weighted by atomic mass is 19.3. The number of nitriles is 1. The Hall–Kier alpha value is -1.90. The van der Waals surface area contributed by atoms with E-state index in [0.29, 0.717) is 0 Å². The molecule has 1 heterocycles. The van der Waals surface area contributed by atoms with Crippen LogP contribution in [0.15, 0.2) is 6.20 Å². The van der Waals surface area contributed by atoms with Gasteiger partial charge in [0.15, 0.2) is 17.2 Å². The summed E-state index contributed by atoms with van der Waals surface area (Å²) in [6, 6.07) is 1.50.